The quantitative estimate of drug-likeness (QED) is 0.355. The molecule has 0 fully saturated rings. The Balaban J connectivity index is 1.54. The summed E-state index contributed by atoms with van der Waals surface area (Å²) in [4.78, 5) is 24.7. The van der Waals surface area contributed by atoms with Crippen LogP contribution in [0.4, 0.5) is 5.69 Å². The van der Waals surface area contributed by atoms with Crippen molar-refractivity contribution in [2.75, 3.05) is 18.2 Å². The molecule has 0 radical (unpaired) electrons. The van der Waals surface area contributed by atoms with Gasteiger partial charge in [0.2, 0.25) is 11.8 Å². The fourth-order valence-electron chi connectivity index (χ4n) is 3.01. The summed E-state index contributed by atoms with van der Waals surface area (Å²) in [6, 6.07) is 10.3. The average molecular weight is 543 g/mol. The van der Waals surface area contributed by atoms with E-state index >= 15 is 0 Å². The van der Waals surface area contributed by atoms with Crippen molar-refractivity contribution in [3.63, 3.8) is 0 Å². The van der Waals surface area contributed by atoms with Crippen LogP contribution in [0.25, 0.3) is 0 Å². The Morgan fingerprint density at radius 3 is 2.35 bits per heavy atom. The van der Waals surface area contributed by atoms with Crippen molar-refractivity contribution in [2.45, 2.75) is 31.6 Å². The van der Waals surface area contributed by atoms with Gasteiger partial charge in [-0.25, -0.2) is 0 Å². The van der Waals surface area contributed by atoms with E-state index in [0.717, 1.165) is 11.3 Å². The second kappa shape index (κ2) is 12.3. The highest BCUT2D eigenvalue weighted by Gasteiger charge is 2.16. The number of hydrogen-bond donors (Lipinski definition) is 2. The van der Waals surface area contributed by atoms with E-state index in [-0.39, 0.29) is 40.6 Å². The Labute approximate surface area is 216 Å². The van der Waals surface area contributed by atoms with Gasteiger partial charge < -0.3 is 19.9 Å². The van der Waals surface area contributed by atoms with Gasteiger partial charge in [-0.1, -0.05) is 58.7 Å². The number of rotatable bonds is 10. The Hall–Kier alpha value is -2.46. The van der Waals surface area contributed by atoms with E-state index in [4.69, 9.17) is 39.5 Å². The monoisotopic (exact) mass is 541 g/mol. The van der Waals surface area contributed by atoms with E-state index in [1.165, 1.54) is 23.9 Å². The molecule has 1 heterocycles. The summed E-state index contributed by atoms with van der Waals surface area (Å²) in [5.74, 6) is 0.949. The lowest BCUT2D eigenvalue weighted by Crippen LogP contribution is -2.26. The number of benzene rings is 2. The van der Waals surface area contributed by atoms with Crippen LogP contribution >= 0.6 is 46.6 Å². The van der Waals surface area contributed by atoms with Gasteiger partial charge in [0.25, 0.3) is 0 Å². The first-order chi connectivity index (χ1) is 16.3. The third-order valence-electron chi connectivity index (χ3n) is 4.68. The molecule has 2 N–H and O–H groups in total. The van der Waals surface area contributed by atoms with Gasteiger partial charge in [-0.15, -0.1) is 10.2 Å². The van der Waals surface area contributed by atoms with Gasteiger partial charge in [0.1, 0.15) is 5.75 Å². The zero-order valence-corrected chi connectivity index (χ0v) is 21.5. The minimum Gasteiger partial charge on any atom is -0.497 e. The molecule has 12 heteroatoms. The number of ether oxygens (including phenoxy) is 1. The number of halogens is 3. The number of carbonyl (C=O) groups is 2. The van der Waals surface area contributed by atoms with E-state index in [9.17, 15) is 9.59 Å². The number of carbonyl (C=O) groups excluding carboxylic acids is 2. The summed E-state index contributed by atoms with van der Waals surface area (Å²) in [6.45, 7) is 2.73. The summed E-state index contributed by atoms with van der Waals surface area (Å²) in [5, 5.41) is 15.3. The van der Waals surface area contributed by atoms with Crippen LogP contribution in [0, 0.1) is 0 Å². The first kappa shape index (κ1) is 26.2. The number of hydrogen-bond acceptors (Lipinski definition) is 6. The van der Waals surface area contributed by atoms with Crippen molar-refractivity contribution in [1.29, 1.82) is 0 Å². The first-order valence-electron chi connectivity index (χ1n) is 10.2. The van der Waals surface area contributed by atoms with Gasteiger partial charge in [-0.2, -0.15) is 0 Å². The Bertz CT molecular complexity index is 1150. The third-order valence-corrected chi connectivity index (χ3v) is 6.46. The molecular weight excluding hydrogens is 521 g/mol. The first-order valence-corrected chi connectivity index (χ1v) is 12.3. The van der Waals surface area contributed by atoms with Crippen molar-refractivity contribution >= 4 is 64.1 Å². The lowest BCUT2D eigenvalue weighted by atomic mass is 10.1. The molecule has 0 bridgehead atoms. The second-order valence-corrected chi connectivity index (χ2v) is 9.22. The van der Waals surface area contributed by atoms with Crippen LogP contribution in [0.3, 0.4) is 0 Å². The average Bonchev–Trinajstić information content (AvgIpc) is 3.21. The number of methoxy groups -OCH3 is 1. The molecule has 34 heavy (non-hydrogen) atoms. The minimum atomic E-state index is -0.309. The van der Waals surface area contributed by atoms with Crippen LogP contribution in [-0.2, 0) is 29.1 Å². The van der Waals surface area contributed by atoms with Crippen LogP contribution in [-0.4, -0.2) is 39.4 Å². The molecule has 2 amide bonds. The molecule has 3 rings (SSSR count). The summed E-state index contributed by atoms with van der Waals surface area (Å²) in [6.07, 6.45) is 0.238. The molecule has 0 saturated carbocycles. The summed E-state index contributed by atoms with van der Waals surface area (Å²) >= 11 is 19.3. The molecule has 180 valence electrons. The lowest BCUT2D eigenvalue weighted by molar-refractivity contribution is -0.120. The van der Waals surface area contributed by atoms with E-state index in [0.29, 0.717) is 28.2 Å². The predicted octanol–water partition coefficient (Wildman–Crippen LogP) is 4.86. The number of nitrogens with one attached hydrogen (secondary N) is 2. The maximum absolute atomic E-state index is 12.4. The van der Waals surface area contributed by atoms with Crippen LogP contribution in [0.1, 0.15) is 18.3 Å². The summed E-state index contributed by atoms with van der Waals surface area (Å²) in [5.41, 5.74) is 1.17. The second-order valence-electron chi connectivity index (χ2n) is 7.03. The van der Waals surface area contributed by atoms with Gasteiger partial charge in [-0.05, 0) is 36.8 Å². The van der Waals surface area contributed by atoms with Gasteiger partial charge in [-0.3, -0.25) is 9.59 Å². The number of aromatic nitrogens is 3. The fraction of sp³-hybridized carbons (Fsp3) is 0.273. The highest BCUT2D eigenvalue weighted by molar-refractivity contribution is 7.99. The molecule has 0 aliphatic carbocycles. The van der Waals surface area contributed by atoms with Gasteiger partial charge in [0.15, 0.2) is 11.0 Å². The molecule has 1 aromatic heterocycles. The molecule has 8 nitrogen and oxygen atoms in total. The lowest BCUT2D eigenvalue weighted by Gasteiger charge is -2.10. The van der Waals surface area contributed by atoms with Crippen LogP contribution in [0.2, 0.25) is 15.1 Å². The van der Waals surface area contributed by atoms with Crippen molar-refractivity contribution in [3.05, 3.63) is 62.9 Å². The molecular formula is C22H22Cl3N5O3S. The fourth-order valence-corrected chi connectivity index (χ4v) is 4.74. The van der Waals surface area contributed by atoms with Crippen LogP contribution < -0.4 is 15.4 Å². The number of thioether (sulfide) groups is 1. The van der Waals surface area contributed by atoms with Crippen LogP contribution in [0.15, 0.2) is 41.6 Å². The molecule has 3 aromatic rings. The summed E-state index contributed by atoms with van der Waals surface area (Å²) < 4.78 is 6.97. The van der Waals surface area contributed by atoms with Gasteiger partial charge >= 0.3 is 0 Å². The summed E-state index contributed by atoms with van der Waals surface area (Å²) in [7, 11) is 1.59. The maximum atomic E-state index is 12.4. The van der Waals surface area contributed by atoms with Gasteiger partial charge in [0.05, 0.1) is 41.6 Å². The number of amides is 2. The smallest absolute Gasteiger partial charge is 0.234 e. The predicted molar refractivity (Wildman–Crippen MR) is 135 cm³/mol. The highest BCUT2D eigenvalue weighted by Crippen LogP contribution is 2.33. The Kier molecular flexibility index (Phi) is 9.46. The zero-order valence-electron chi connectivity index (χ0n) is 18.4. The van der Waals surface area contributed by atoms with E-state index in [1.807, 2.05) is 35.8 Å². The molecule has 2 aromatic carbocycles. The minimum absolute atomic E-state index is 0.0667. The molecule has 0 spiro atoms. The van der Waals surface area contributed by atoms with Gasteiger partial charge in [0, 0.05) is 11.6 Å². The molecule has 0 saturated heterocycles. The van der Waals surface area contributed by atoms with Crippen molar-refractivity contribution in [1.82, 2.24) is 20.1 Å². The molecule has 0 atom stereocenters. The zero-order chi connectivity index (χ0) is 24.7. The number of anilines is 1. The van der Waals surface area contributed by atoms with Crippen LogP contribution in [0.5, 0.6) is 5.75 Å². The molecule has 0 unspecified atom stereocenters. The largest absolute Gasteiger partial charge is 0.497 e. The number of nitrogens with zero attached hydrogens (tertiary/aromatic N) is 3. The normalized spacial score (nSPS) is 10.7. The topological polar surface area (TPSA) is 98.1 Å². The van der Waals surface area contributed by atoms with E-state index in [2.05, 4.69) is 20.8 Å². The van der Waals surface area contributed by atoms with E-state index in [1.54, 1.807) is 7.11 Å². The van der Waals surface area contributed by atoms with Crippen molar-refractivity contribution in [2.24, 2.45) is 0 Å². The molecule has 0 aliphatic heterocycles. The van der Waals surface area contributed by atoms with Crippen molar-refractivity contribution < 1.29 is 14.3 Å². The Morgan fingerprint density at radius 1 is 1.06 bits per heavy atom. The maximum Gasteiger partial charge on any atom is 0.234 e. The Morgan fingerprint density at radius 2 is 1.74 bits per heavy atom. The van der Waals surface area contributed by atoms with E-state index < -0.39 is 0 Å². The SMILES string of the molecule is CCn1c(CNC(=O)Cc2ccc(OC)cc2)nnc1SCC(=O)Nc1c(Cl)cc(Cl)cc1Cl. The molecule has 0 aliphatic rings. The standard InChI is InChI=1S/C22H22Cl3N5O3S/c1-3-30-18(11-26-19(31)8-13-4-6-15(33-2)7-5-13)28-29-22(30)34-12-20(32)27-21-16(24)9-14(23)10-17(21)25/h4-7,9-10H,3,8,11-12H2,1-2H3,(H,26,31)(H,27,32). The van der Waals surface area contributed by atoms with Crippen molar-refractivity contribution in [3.8, 4) is 5.75 Å². The third kappa shape index (κ3) is 7.02. The highest BCUT2D eigenvalue weighted by atomic mass is 35.5.